The molecule has 0 aliphatic heterocycles. The molecule has 1 aromatic carbocycles. The fraction of sp³-hybridized carbons (Fsp3) is 0.0667. The van der Waals surface area contributed by atoms with Crippen LogP contribution in [0, 0.1) is 6.92 Å². The first kappa shape index (κ1) is 11.5. The van der Waals surface area contributed by atoms with Crippen molar-refractivity contribution in [1.29, 1.82) is 0 Å². The van der Waals surface area contributed by atoms with Crippen molar-refractivity contribution < 1.29 is 4.42 Å². The molecule has 2 heterocycles. The van der Waals surface area contributed by atoms with Crippen LogP contribution < -0.4 is 5.32 Å². The largest absolute Gasteiger partial charge is 0.463 e. The summed E-state index contributed by atoms with van der Waals surface area (Å²) in [5.41, 5.74) is 2.74. The molecule has 0 bridgehead atoms. The second kappa shape index (κ2) is 4.94. The number of aromatic nitrogens is 2. The van der Waals surface area contributed by atoms with Crippen molar-refractivity contribution in [2.75, 3.05) is 5.32 Å². The fourth-order valence-electron chi connectivity index (χ4n) is 1.82. The average molecular weight is 251 g/mol. The fourth-order valence-corrected chi connectivity index (χ4v) is 1.82. The monoisotopic (exact) mass is 251 g/mol. The van der Waals surface area contributed by atoms with Crippen LogP contribution >= 0.6 is 0 Å². The molecule has 3 rings (SSSR count). The van der Waals surface area contributed by atoms with E-state index in [9.17, 15) is 0 Å². The molecule has 0 saturated heterocycles. The van der Waals surface area contributed by atoms with E-state index in [1.807, 2.05) is 49.4 Å². The number of nitrogens with one attached hydrogen (secondary N) is 1. The van der Waals surface area contributed by atoms with Gasteiger partial charge in [-0.1, -0.05) is 18.2 Å². The molecule has 0 amide bonds. The zero-order valence-electron chi connectivity index (χ0n) is 10.5. The van der Waals surface area contributed by atoms with Crippen LogP contribution in [0.5, 0.6) is 0 Å². The van der Waals surface area contributed by atoms with Crippen LogP contribution in [0.3, 0.4) is 0 Å². The number of benzene rings is 1. The minimum Gasteiger partial charge on any atom is -0.463 e. The number of hydrogen-bond acceptors (Lipinski definition) is 4. The van der Waals surface area contributed by atoms with E-state index in [4.69, 9.17) is 4.42 Å². The van der Waals surface area contributed by atoms with Gasteiger partial charge >= 0.3 is 0 Å². The lowest BCUT2D eigenvalue weighted by Crippen LogP contribution is -1.99. The van der Waals surface area contributed by atoms with Gasteiger partial charge in [0.05, 0.1) is 6.26 Å². The minimum atomic E-state index is 0.559. The Kier molecular flexibility index (Phi) is 2.98. The molecule has 0 saturated carbocycles. The van der Waals surface area contributed by atoms with E-state index >= 15 is 0 Å². The second-order valence-electron chi connectivity index (χ2n) is 4.19. The SMILES string of the molecule is Cc1cnc(Nc2ccccc2)nc1-c1ccco1. The third-order valence-electron chi connectivity index (χ3n) is 2.76. The Labute approximate surface area is 111 Å². The van der Waals surface area contributed by atoms with Gasteiger partial charge in [0.2, 0.25) is 5.95 Å². The number of para-hydroxylation sites is 1. The van der Waals surface area contributed by atoms with Crippen molar-refractivity contribution >= 4 is 11.6 Å². The molecule has 0 spiro atoms. The highest BCUT2D eigenvalue weighted by atomic mass is 16.3. The van der Waals surface area contributed by atoms with Crippen LogP contribution in [-0.4, -0.2) is 9.97 Å². The Hall–Kier alpha value is -2.62. The van der Waals surface area contributed by atoms with Crippen molar-refractivity contribution in [3.05, 3.63) is 60.5 Å². The lowest BCUT2D eigenvalue weighted by atomic mass is 10.2. The molecule has 2 aromatic heterocycles. The normalized spacial score (nSPS) is 10.4. The molecule has 0 radical (unpaired) electrons. The Morgan fingerprint density at radius 1 is 1.05 bits per heavy atom. The lowest BCUT2D eigenvalue weighted by molar-refractivity contribution is 0.579. The first-order valence-corrected chi connectivity index (χ1v) is 6.02. The standard InChI is InChI=1S/C15H13N3O/c1-11-10-16-15(17-12-6-3-2-4-7-12)18-14(11)13-8-5-9-19-13/h2-10H,1H3,(H,16,17,18). The molecule has 0 unspecified atom stereocenters. The molecule has 0 atom stereocenters. The van der Waals surface area contributed by atoms with E-state index in [0.29, 0.717) is 5.95 Å². The van der Waals surface area contributed by atoms with Crippen molar-refractivity contribution in [2.45, 2.75) is 6.92 Å². The van der Waals surface area contributed by atoms with Gasteiger partial charge < -0.3 is 9.73 Å². The Balaban J connectivity index is 1.94. The van der Waals surface area contributed by atoms with Gasteiger partial charge in [0.15, 0.2) is 5.76 Å². The summed E-state index contributed by atoms with van der Waals surface area (Å²) in [6, 6.07) is 13.6. The highest BCUT2D eigenvalue weighted by Gasteiger charge is 2.08. The van der Waals surface area contributed by atoms with E-state index in [-0.39, 0.29) is 0 Å². The topological polar surface area (TPSA) is 51.0 Å². The maximum absolute atomic E-state index is 5.39. The summed E-state index contributed by atoms with van der Waals surface area (Å²) in [5, 5.41) is 3.17. The molecule has 1 N–H and O–H groups in total. The number of rotatable bonds is 3. The van der Waals surface area contributed by atoms with Crippen molar-refractivity contribution in [3.63, 3.8) is 0 Å². The maximum atomic E-state index is 5.39. The van der Waals surface area contributed by atoms with Gasteiger partial charge in [0, 0.05) is 11.9 Å². The average Bonchev–Trinajstić information content (AvgIpc) is 2.96. The maximum Gasteiger partial charge on any atom is 0.227 e. The van der Waals surface area contributed by atoms with Crippen molar-refractivity contribution in [2.24, 2.45) is 0 Å². The van der Waals surface area contributed by atoms with E-state index < -0.39 is 0 Å². The van der Waals surface area contributed by atoms with E-state index in [1.165, 1.54) is 0 Å². The van der Waals surface area contributed by atoms with Crippen LogP contribution in [0.2, 0.25) is 0 Å². The summed E-state index contributed by atoms with van der Waals surface area (Å²) in [6.07, 6.45) is 3.43. The molecular weight excluding hydrogens is 238 g/mol. The first-order valence-electron chi connectivity index (χ1n) is 6.02. The quantitative estimate of drug-likeness (QED) is 0.769. The second-order valence-corrected chi connectivity index (χ2v) is 4.19. The third-order valence-corrected chi connectivity index (χ3v) is 2.76. The molecular formula is C15H13N3O. The van der Waals surface area contributed by atoms with Gasteiger partial charge in [-0.3, -0.25) is 0 Å². The van der Waals surface area contributed by atoms with Crippen LogP contribution in [0.4, 0.5) is 11.6 Å². The lowest BCUT2D eigenvalue weighted by Gasteiger charge is -2.07. The first-order chi connectivity index (χ1) is 9.33. The summed E-state index contributed by atoms with van der Waals surface area (Å²) in [6.45, 7) is 1.96. The van der Waals surface area contributed by atoms with Crippen LogP contribution in [0.15, 0.2) is 59.3 Å². The van der Waals surface area contributed by atoms with Crippen LogP contribution in [0.25, 0.3) is 11.5 Å². The zero-order chi connectivity index (χ0) is 13.1. The molecule has 4 nitrogen and oxygen atoms in total. The smallest absolute Gasteiger partial charge is 0.227 e. The predicted molar refractivity (Wildman–Crippen MR) is 74.2 cm³/mol. The summed E-state index contributed by atoms with van der Waals surface area (Å²) < 4.78 is 5.39. The summed E-state index contributed by atoms with van der Waals surface area (Å²) >= 11 is 0. The van der Waals surface area contributed by atoms with E-state index in [2.05, 4.69) is 15.3 Å². The Morgan fingerprint density at radius 2 is 1.89 bits per heavy atom. The number of nitrogens with zero attached hydrogens (tertiary/aromatic N) is 2. The van der Waals surface area contributed by atoms with Gasteiger partial charge in [-0.25, -0.2) is 9.97 Å². The predicted octanol–water partition coefficient (Wildman–Crippen LogP) is 3.79. The zero-order valence-corrected chi connectivity index (χ0v) is 10.5. The van der Waals surface area contributed by atoms with Gasteiger partial charge in [0.1, 0.15) is 5.69 Å². The molecule has 3 aromatic rings. The minimum absolute atomic E-state index is 0.559. The summed E-state index contributed by atoms with van der Waals surface area (Å²) in [7, 11) is 0. The third kappa shape index (κ3) is 2.47. The van der Waals surface area contributed by atoms with E-state index in [0.717, 1.165) is 22.7 Å². The van der Waals surface area contributed by atoms with Crippen LogP contribution in [0.1, 0.15) is 5.56 Å². The van der Waals surface area contributed by atoms with Gasteiger partial charge in [0.25, 0.3) is 0 Å². The number of hydrogen-bond donors (Lipinski definition) is 1. The summed E-state index contributed by atoms with van der Waals surface area (Å²) in [4.78, 5) is 8.77. The highest BCUT2D eigenvalue weighted by Crippen LogP contribution is 2.23. The molecule has 0 aliphatic rings. The number of furan rings is 1. The molecule has 19 heavy (non-hydrogen) atoms. The summed E-state index contributed by atoms with van der Waals surface area (Å²) in [5.74, 6) is 1.30. The molecule has 0 fully saturated rings. The van der Waals surface area contributed by atoms with Crippen LogP contribution in [-0.2, 0) is 0 Å². The van der Waals surface area contributed by atoms with Gasteiger partial charge in [-0.05, 0) is 36.8 Å². The molecule has 4 heteroatoms. The molecule has 94 valence electrons. The number of aryl methyl sites for hydroxylation is 1. The Bertz CT molecular complexity index is 663. The number of anilines is 2. The van der Waals surface area contributed by atoms with Crippen molar-refractivity contribution in [1.82, 2.24) is 9.97 Å². The highest BCUT2D eigenvalue weighted by molar-refractivity contribution is 5.60. The van der Waals surface area contributed by atoms with Crippen molar-refractivity contribution in [3.8, 4) is 11.5 Å². The van der Waals surface area contributed by atoms with Gasteiger partial charge in [-0.15, -0.1) is 0 Å². The van der Waals surface area contributed by atoms with E-state index in [1.54, 1.807) is 12.5 Å². The Morgan fingerprint density at radius 3 is 2.63 bits per heavy atom. The molecule has 0 aliphatic carbocycles. The van der Waals surface area contributed by atoms with Gasteiger partial charge in [-0.2, -0.15) is 0 Å².